The SMILES string of the molecule is FC(F)(F)/C=C/c1cc(N2CCCCC2)c(/C=C/C(F)(F)F)cc1N1CCCCC1.FC(F)(F)/C=C/c1cc(N2CCCCC2)c(/C=C/C(F)(F)F)cc1N1CCCCC1. The van der Waals surface area contributed by atoms with Gasteiger partial charge in [-0.3, -0.25) is 0 Å². The van der Waals surface area contributed by atoms with E-state index < -0.39 is 24.7 Å². The van der Waals surface area contributed by atoms with E-state index in [-0.39, 0.29) is 24.3 Å². The number of allylic oxidation sites excluding steroid dienone is 4. The minimum Gasteiger partial charge on any atom is -0.371 e. The van der Waals surface area contributed by atoms with Gasteiger partial charge in [0.25, 0.3) is 0 Å². The fourth-order valence-electron chi connectivity index (χ4n) is 8.12. The van der Waals surface area contributed by atoms with Crippen LogP contribution in [0.4, 0.5) is 75.4 Å². The van der Waals surface area contributed by atoms with Crippen LogP contribution in [0.5, 0.6) is 0 Å². The van der Waals surface area contributed by atoms with Crippen molar-refractivity contribution in [1.29, 1.82) is 0 Å². The number of halogens is 12. The molecule has 2 aromatic carbocycles. The first-order valence-electron chi connectivity index (χ1n) is 20.6. The first-order chi connectivity index (χ1) is 28.2. The third-order valence-electron chi connectivity index (χ3n) is 10.9. The summed E-state index contributed by atoms with van der Waals surface area (Å²) in [5.41, 5.74) is 3.77. The number of anilines is 4. The van der Waals surface area contributed by atoms with Gasteiger partial charge in [-0.25, -0.2) is 0 Å². The molecule has 4 heterocycles. The zero-order valence-corrected chi connectivity index (χ0v) is 33.4. The Morgan fingerprint density at radius 2 is 0.450 bits per heavy atom. The smallest absolute Gasteiger partial charge is 0.371 e. The lowest BCUT2D eigenvalue weighted by Crippen LogP contribution is -2.32. The van der Waals surface area contributed by atoms with Crippen LogP contribution in [0, 0.1) is 0 Å². The first-order valence-corrected chi connectivity index (χ1v) is 20.6. The van der Waals surface area contributed by atoms with Crippen LogP contribution in [0.15, 0.2) is 48.6 Å². The molecule has 6 rings (SSSR count). The molecule has 4 saturated heterocycles. The average Bonchev–Trinajstić information content (AvgIpc) is 3.21. The van der Waals surface area contributed by atoms with E-state index in [1.54, 1.807) is 24.3 Å². The lowest BCUT2D eigenvalue weighted by Gasteiger charge is -2.34. The highest BCUT2D eigenvalue weighted by Gasteiger charge is 2.28. The minimum absolute atomic E-state index is 0.195. The molecular weight excluding hydrogens is 812 g/mol. The maximum Gasteiger partial charge on any atom is 0.409 e. The average molecular weight is 865 g/mol. The third kappa shape index (κ3) is 15.0. The van der Waals surface area contributed by atoms with Gasteiger partial charge in [0, 0.05) is 99.4 Å². The van der Waals surface area contributed by atoms with Crippen molar-refractivity contribution in [2.75, 3.05) is 72.0 Å². The molecule has 332 valence electrons. The molecule has 0 radical (unpaired) electrons. The lowest BCUT2D eigenvalue weighted by molar-refractivity contribution is -0.0800. The molecule has 0 N–H and O–H groups in total. The normalized spacial score (nSPS) is 19.3. The summed E-state index contributed by atoms with van der Waals surface area (Å²) >= 11 is 0. The van der Waals surface area contributed by atoms with Crippen molar-refractivity contribution in [2.24, 2.45) is 0 Å². The second-order valence-corrected chi connectivity index (χ2v) is 15.6. The van der Waals surface area contributed by atoms with Crippen LogP contribution < -0.4 is 19.6 Å². The number of benzene rings is 2. The Bertz CT molecular complexity index is 1530. The van der Waals surface area contributed by atoms with Gasteiger partial charge >= 0.3 is 24.7 Å². The largest absolute Gasteiger partial charge is 0.409 e. The van der Waals surface area contributed by atoms with Gasteiger partial charge in [0.1, 0.15) is 0 Å². The highest BCUT2D eigenvalue weighted by Crippen LogP contribution is 2.38. The van der Waals surface area contributed by atoms with Crippen molar-refractivity contribution in [1.82, 2.24) is 0 Å². The van der Waals surface area contributed by atoms with Gasteiger partial charge in [-0.15, -0.1) is 0 Å². The zero-order chi connectivity index (χ0) is 43.6. The van der Waals surface area contributed by atoms with E-state index in [4.69, 9.17) is 0 Å². The summed E-state index contributed by atoms with van der Waals surface area (Å²) in [4.78, 5) is 7.91. The maximum absolute atomic E-state index is 12.9. The molecule has 60 heavy (non-hydrogen) atoms. The molecule has 0 saturated carbocycles. The standard InChI is InChI=1S/2C22H26F6N2/c2*23-21(24,25)9-7-17-16-20(30-13-5-2-6-14-30)18(8-10-22(26,27)28)15-19(17)29-11-3-1-4-12-29/h2*7-10,15-16H,1-6,11-14H2/b2*9-7+,10-8+. The number of hydrogen-bond donors (Lipinski definition) is 0. The molecule has 0 bridgehead atoms. The van der Waals surface area contributed by atoms with Crippen molar-refractivity contribution >= 4 is 47.1 Å². The van der Waals surface area contributed by atoms with E-state index in [0.717, 1.165) is 101 Å². The molecule has 4 fully saturated rings. The topological polar surface area (TPSA) is 13.0 Å². The van der Waals surface area contributed by atoms with Crippen molar-refractivity contribution in [3.8, 4) is 0 Å². The Morgan fingerprint density at radius 1 is 0.283 bits per heavy atom. The number of piperidine rings is 4. The number of hydrogen-bond acceptors (Lipinski definition) is 4. The fourth-order valence-corrected chi connectivity index (χ4v) is 8.12. The summed E-state index contributed by atoms with van der Waals surface area (Å²) in [7, 11) is 0. The van der Waals surface area contributed by atoms with Gasteiger partial charge in [-0.2, -0.15) is 52.7 Å². The molecule has 0 aliphatic carbocycles. The molecule has 0 atom stereocenters. The number of alkyl halides is 12. The Kier molecular flexibility index (Phi) is 16.0. The van der Waals surface area contributed by atoms with E-state index in [9.17, 15) is 52.7 Å². The van der Waals surface area contributed by atoms with Crippen molar-refractivity contribution in [3.63, 3.8) is 0 Å². The van der Waals surface area contributed by atoms with Crippen LogP contribution in [0.2, 0.25) is 0 Å². The second-order valence-electron chi connectivity index (χ2n) is 15.6. The van der Waals surface area contributed by atoms with Gasteiger partial charge in [0.15, 0.2) is 0 Å². The summed E-state index contributed by atoms with van der Waals surface area (Å²) in [5, 5.41) is 0. The Balaban J connectivity index is 0.000000228. The summed E-state index contributed by atoms with van der Waals surface area (Å²) in [6.45, 7) is 5.43. The quantitative estimate of drug-likeness (QED) is 0.245. The minimum atomic E-state index is -4.46. The van der Waals surface area contributed by atoms with E-state index in [2.05, 4.69) is 0 Å². The predicted molar refractivity (Wildman–Crippen MR) is 217 cm³/mol. The van der Waals surface area contributed by atoms with Crippen molar-refractivity contribution < 1.29 is 52.7 Å². The summed E-state index contributed by atoms with van der Waals surface area (Å²) in [6, 6.07) is 6.47. The fraction of sp³-hybridized carbons (Fsp3) is 0.545. The van der Waals surface area contributed by atoms with E-state index in [1.807, 2.05) is 19.6 Å². The highest BCUT2D eigenvalue weighted by atomic mass is 19.4. The molecule has 2 aromatic rings. The van der Waals surface area contributed by atoms with Gasteiger partial charge in [0.05, 0.1) is 0 Å². The van der Waals surface area contributed by atoms with Crippen LogP contribution in [0.25, 0.3) is 24.3 Å². The van der Waals surface area contributed by atoms with Gasteiger partial charge < -0.3 is 19.6 Å². The van der Waals surface area contributed by atoms with E-state index in [1.165, 1.54) is 0 Å². The molecule has 0 amide bonds. The molecule has 0 aromatic heterocycles. The Hall–Kier alpha value is -4.24. The van der Waals surface area contributed by atoms with Crippen LogP contribution in [-0.2, 0) is 0 Å². The second kappa shape index (κ2) is 20.5. The third-order valence-corrected chi connectivity index (χ3v) is 10.9. The van der Waals surface area contributed by atoms with Gasteiger partial charge in [-0.1, -0.05) is 0 Å². The Labute approximate surface area is 343 Å². The molecule has 0 unspecified atom stereocenters. The first kappa shape index (κ1) is 46.8. The van der Waals surface area contributed by atoms with Gasteiger partial charge in [-0.05, 0) is 148 Å². The highest BCUT2D eigenvalue weighted by molar-refractivity contribution is 5.82. The molecule has 4 aliphatic heterocycles. The molecule has 16 heteroatoms. The van der Waals surface area contributed by atoms with Crippen molar-refractivity contribution in [3.05, 3.63) is 70.8 Å². The van der Waals surface area contributed by atoms with Crippen LogP contribution in [0.3, 0.4) is 0 Å². The Morgan fingerprint density at radius 3 is 0.600 bits per heavy atom. The van der Waals surface area contributed by atoms with E-state index >= 15 is 0 Å². The maximum atomic E-state index is 12.9. The van der Waals surface area contributed by atoms with Crippen molar-refractivity contribution in [2.45, 2.75) is 102 Å². The van der Waals surface area contributed by atoms with Crippen LogP contribution >= 0.6 is 0 Å². The molecular formula is C44H52F12N4. The molecule has 4 nitrogen and oxygen atoms in total. The van der Waals surface area contributed by atoms with E-state index in [0.29, 0.717) is 97.4 Å². The number of rotatable bonds is 8. The van der Waals surface area contributed by atoms with Crippen LogP contribution in [0.1, 0.15) is 99.3 Å². The molecule has 4 aliphatic rings. The summed E-state index contributed by atoms with van der Waals surface area (Å²) in [5.74, 6) is 0. The zero-order valence-electron chi connectivity index (χ0n) is 33.4. The summed E-state index contributed by atoms with van der Waals surface area (Å²) in [6.07, 6.45) is -1.50. The van der Waals surface area contributed by atoms with Crippen LogP contribution in [-0.4, -0.2) is 77.1 Å². The monoisotopic (exact) mass is 864 g/mol. The number of nitrogens with zero attached hydrogens (tertiary/aromatic N) is 4. The molecule has 0 spiro atoms. The predicted octanol–water partition coefficient (Wildman–Crippen LogP) is 13.6. The summed E-state index contributed by atoms with van der Waals surface area (Å²) < 4.78 is 154. The lowest BCUT2D eigenvalue weighted by atomic mass is 9.99. The van der Waals surface area contributed by atoms with Gasteiger partial charge in [0.2, 0.25) is 0 Å².